The number of carbonyl (C=O) groups excluding carboxylic acids is 2. The zero-order valence-corrected chi connectivity index (χ0v) is 20.3. The topological polar surface area (TPSA) is 150 Å². The van der Waals surface area contributed by atoms with Crippen molar-refractivity contribution in [1.29, 1.82) is 0 Å². The molecule has 3 heterocycles. The first-order valence-corrected chi connectivity index (χ1v) is 11.3. The first-order valence-electron chi connectivity index (χ1n) is 11.3. The summed E-state index contributed by atoms with van der Waals surface area (Å²) in [4.78, 5) is 50.6. The Morgan fingerprint density at radius 2 is 2.03 bits per heavy atom. The summed E-state index contributed by atoms with van der Waals surface area (Å²) in [5.74, 6) is -0.869. The Hall–Kier alpha value is -4.68. The van der Waals surface area contributed by atoms with Crippen LogP contribution in [0.1, 0.15) is 45.8 Å². The molecule has 13 heteroatoms. The highest BCUT2D eigenvalue weighted by atomic mass is 19.1. The van der Waals surface area contributed by atoms with E-state index in [-0.39, 0.29) is 36.9 Å². The van der Waals surface area contributed by atoms with Gasteiger partial charge in [0.05, 0.1) is 12.8 Å². The third kappa shape index (κ3) is 5.94. The van der Waals surface area contributed by atoms with E-state index in [1.54, 1.807) is 13.0 Å². The number of hydrogen-bond acceptors (Lipinski definition) is 9. The average Bonchev–Trinajstić information content (AvgIpc) is 3.39. The van der Waals surface area contributed by atoms with E-state index in [0.717, 1.165) is 4.68 Å². The van der Waals surface area contributed by atoms with Gasteiger partial charge in [-0.25, -0.2) is 19.0 Å². The average molecular weight is 509 g/mol. The Labute approximate surface area is 210 Å². The van der Waals surface area contributed by atoms with Crippen LogP contribution in [-0.2, 0) is 22.7 Å². The zero-order valence-electron chi connectivity index (χ0n) is 20.3. The number of nitrogens with zero attached hydrogens (tertiary/aromatic N) is 5. The largest absolute Gasteiger partial charge is 0.494 e. The van der Waals surface area contributed by atoms with Crippen molar-refractivity contribution < 1.29 is 23.6 Å². The van der Waals surface area contributed by atoms with Crippen LogP contribution < -0.4 is 20.9 Å². The predicted molar refractivity (Wildman–Crippen MR) is 128 cm³/mol. The molecular formula is C24H24FN7O5. The van der Waals surface area contributed by atoms with Crippen LogP contribution >= 0.6 is 0 Å². The molecule has 0 fully saturated rings. The molecule has 0 spiro atoms. The number of methoxy groups -OCH3 is 1. The maximum atomic E-state index is 13.6. The summed E-state index contributed by atoms with van der Waals surface area (Å²) in [6.45, 7) is 1.56. The second kappa shape index (κ2) is 10.9. The number of aryl methyl sites for hydroxylation is 1. The Morgan fingerprint density at radius 3 is 2.78 bits per heavy atom. The normalized spacial score (nSPS) is 14.5. The van der Waals surface area contributed by atoms with Crippen molar-refractivity contribution in [3.8, 4) is 5.75 Å². The molecule has 0 aliphatic carbocycles. The summed E-state index contributed by atoms with van der Waals surface area (Å²) in [7, 11) is 2.83. The minimum Gasteiger partial charge on any atom is -0.494 e. The number of likely N-dealkylation sites (N-methyl/N-ethyl adjacent to an activating group) is 1. The van der Waals surface area contributed by atoms with Crippen LogP contribution in [0.15, 0.2) is 46.3 Å². The molecule has 1 aliphatic heterocycles. The predicted octanol–water partition coefficient (Wildman–Crippen LogP) is 1.03. The number of halogens is 1. The van der Waals surface area contributed by atoms with Crippen molar-refractivity contribution in [3.05, 3.63) is 81.0 Å². The summed E-state index contributed by atoms with van der Waals surface area (Å²) in [6.07, 6.45) is -0.328. The highest BCUT2D eigenvalue weighted by Crippen LogP contribution is 2.27. The Balaban J connectivity index is 1.46. The molecule has 0 bridgehead atoms. The second-order valence-electron chi connectivity index (χ2n) is 8.10. The maximum absolute atomic E-state index is 13.6. The molecule has 0 saturated heterocycles. The summed E-state index contributed by atoms with van der Waals surface area (Å²) >= 11 is 0. The van der Waals surface area contributed by atoms with Crippen molar-refractivity contribution in [2.24, 2.45) is 5.16 Å². The highest BCUT2D eigenvalue weighted by molar-refractivity contribution is 6.02. The molecule has 0 unspecified atom stereocenters. The van der Waals surface area contributed by atoms with Gasteiger partial charge in [0.15, 0.2) is 17.7 Å². The van der Waals surface area contributed by atoms with Gasteiger partial charge < -0.3 is 20.2 Å². The fraction of sp³-hybridized carbons (Fsp3) is 0.292. The number of oxime groups is 1. The first-order chi connectivity index (χ1) is 17.8. The Morgan fingerprint density at radius 1 is 1.22 bits per heavy atom. The molecule has 4 rings (SSSR count). The lowest BCUT2D eigenvalue weighted by Gasteiger charge is -2.10. The molecule has 12 nitrogen and oxygen atoms in total. The number of carbonyl (C=O) groups is 2. The van der Waals surface area contributed by atoms with Crippen molar-refractivity contribution in [2.75, 3.05) is 14.2 Å². The van der Waals surface area contributed by atoms with Gasteiger partial charge in [-0.15, -0.1) is 0 Å². The van der Waals surface area contributed by atoms with Crippen LogP contribution in [0.4, 0.5) is 4.39 Å². The van der Waals surface area contributed by atoms with E-state index < -0.39 is 23.4 Å². The monoisotopic (exact) mass is 509 g/mol. The standard InChI is InChI=1S/C24H24FN7O5/c1-13-28-17(9-19(29-13)24(35)27-11-14-4-5-15(25)20(8-14)36-3)18-10-21(37-31-18)16-6-7-23(34)32(30-16)12-22(33)26-2/h4-9,21H,10-12H2,1-3H3,(H,26,33)(H,27,35)/t21-/m0/s1. The highest BCUT2D eigenvalue weighted by Gasteiger charge is 2.27. The number of hydrogen-bond donors (Lipinski definition) is 2. The van der Waals surface area contributed by atoms with Crippen molar-refractivity contribution in [3.63, 3.8) is 0 Å². The summed E-state index contributed by atoms with van der Waals surface area (Å²) in [6, 6.07) is 8.63. The minimum absolute atomic E-state index is 0.0826. The molecule has 2 N–H and O–H groups in total. The zero-order chi connectivity index (χ0) is 26.5. The van der Waals surface area contributed by atoms with E-state index >= 15 is 0 Å². The van der Waals surface area contributed by atoms with Crippen molar-refractivity contribution in [2.45, 2.75) is 32.5 Å². The molecule has 0 saturated carbocycles. The number of benzene rings is 1. The summed E-state index contributed by atoms with van der Waals surface area (Å²) in [5, 5.41) is 13.5. The maximum Gasteiger partial charge on any atom is 0.270 e. The lowest BCUT2D eigenvalue weighted by atomic mass is 10.1. The van der Waals surface area contributed by atoms with Gasteiger partial charge in [0, 0.05) is 26.1 Å². The van der Waals surface area contributed by atoms with Gasteiger partial charge in [0.25, 0.3) is 11.5 Å². The smallest absolute Gasteiger partial charge is 0.270 e. The molecule has 2 aromatic heterocycles. The molecule has 37 heavy (non-hydrogen) atoms. The molecule has 1 atom stereocenters. The number of amides is 2. The van der Waals surface area contributed by atoms with Crippen LogP contribution in [0.2, 0.25) is 0 Å². The molecule has 1 aliphatic rings. The fourth-order valence-corrected chi connectivity index (χ4v) is 3.57. The van der Waals surface area contributed by atoms with Gasteiger partial charge in [-0.3, -0.25) is 14.4 Å². The number of nitrogens with one attached hydrogen (secondary N) is 2. The van der Waals surface area contributed by atoms with Gasteiger partial charge in [0.1, 0.15) is 29.5 Å². The van der Waals surface area contributed by atoms with Gasteiger partial charge in [-0.2, -0.15) is 5.10 Å². The summed E-state index contributed by atoms with van der Waals surface area (Å²) in [5.41, 5.74) is 1.65. The number of aromatic nitrogens is 4. The van der Waals surface area contributed by atoms with Crippen LogP contribution in [0.3, 0.4) is 0 Å². The number of rotatable bonds is 8. The molecule has 192 valence electrons. The van der Waals surface area contributed by atoms with E-state index in [9.17, 15) is 18.8 Å². The van der Waals surface area contributed by atoms with Crippen LogP contribution in [0, 0.1) is 12.7 Å². The van der Waals surface area contributed by atoms with E-state index in [1.807, 2.05) is 0 Å². The van der Waals surface area contributed by atoms with Crippen LogP contribution in [0.5, 0.6) is 5.75 Å². The quantitative estimate of drug-likeness (QED) is 0.457. The van der Waals surface area contributed by atoms with Crippen LogP contribution in [0.25, 0.3) is 0 Å². The molecule has 0 radical (unpaired) electrons. The molecule has 2 amide bonds. The Kier molecular flexibility index (Phi) is 7.51. The van der Waals surface area contributed by atoms with Gasteiger partial charge in [-0.05, 0) is 36.8 Å². The van der Waals surface area contributed by atoms with E-state index in [0.29, 0.717) is 28.5 Å². The molecule has 3 aromatic rings. The van der Waals surface area contributed by atoms with Gasteiger partial charge in [-0.1, -0.05) is 11.2 Å². The Bertz CT molecular complexity index is 1440. The lowest BCUT2D eigenvalue weighted by molar-refractivity contribution is -0.121. The van der Waals surface area contributed by atoms with Crippen LogP contribution in [-0.4, -0.2) is 51.4 Å². The SMILES string of the molecule is CNC(=O)Cn1nc([C@@H]2CC(c3cc(C(=O)NCc4ccc(F)c(OC)c4)nc(C)n3)=NO2)ccc1=O. The van der Waals surface area contributed by atoms with Gasteiger partial charge in [0.2, 0.25) is 5.91 Å². The summed E-state index contributed by atoms with van der Waals surface area (Å²) < 4.78 is 19.6. The van der Waals surface area contributed by atoms with E-state index in [1.165, 1.54) is 44.5 Å². The fourth-order valence-electron chi connectivity index (χ4n) is 3.57. The third-order valence-corrected chi connectivity index (χ3v) is 5.49. The second-order valence-corrected chi connectivity index (χ2v) is 8.10. The third-order valence-electron chi connectivity index (χ3n) is 5.49. The van der Waals surface area contributed by atoms with Gasteiger partial charge >= 0.3 is 0 Å². The van der Waals surface area contributed by atoms with E-state index in [4.69, 9.17) is 9.57 Å². The first kappa shape index (κ1) is 25.4. The van der Waals surface area contributed by atoms with E-state index in [2.05, 4.69) is 30.9 Å². The number of ether oxygens (including phenoxy) is 1. The van der Waals surface area contributed by atoms with Crippen molar-refractivity contribution in [1.82, 2.24) is 30.4 Å². The molecular weight excluding hydrogens is 485 g/mol. The molecule has 1 aromatic carbocycles. The minimum atomic E-state index is -0.604. The lowest BCUT2D eigenvalue weighted by Crippen LogP contribution is -2.32. The van der Waals surface area contributed by atoms with Crippen molar-refractivity contribution >= 4 is 17.5 Å².